The number of carbonyl (C=O) groups is 1. The van der Waals surface area contributed by atoms with E-state index in [1.54, 1.807) is 23.8 Å². The highest BCUT2D eigenvalue weighted by Gasteiger charge is 2.15. The third-order valence-electron chi connectivity index (χ3n) is 3.58. The summed E-state index contributed by atoms with van der Waals surface area (Å²) in [6.07, 6.45) is 3.24. The molecule has 3 heterocycles. The number of halogens is 1. The number of benzene rings is 1. The van der Waals surface area contributed by atoms with Gasteiger partial charge in [-0.15, -0.1) is 11.3 Å². The number of nitrogens with zero attached hydrogens (tertiary/aromatic N) is 4. The quantitative estimate of drug-likeness (QED) is 0.389. The van der Waals surface area contributed by atoms with Crippen LogP contribution in [-0.2, 0) is 11.3 Å². The molecule has 0 spiro atoms. The van der Waals surface area contributed by atoms with Gasteiger partial charge in [-0.2, -0.15) is 0 Å². The normalized spacial score (nSPS) is 10.8. The Morgan fingerprint density at radius 1 is 1.12 bits per heavy atom. The number of hydrogen-bond acceptors (Lipinski definition) is 7. The molecule has 0 amide bonds. The van der Waals surface area contributed by atoms with E-state index in [4.69, 9.17) is 16.3 Å². The van der Waals surface area contributed by atoms with E-state index in [-0.39, 0.29) is 12.3 Å². The van der Waals surface area contributed by atoms with Gasteiger partial charge in [-0.3, -0.25) is 0 Å². The van der Waals surface area contributed by atoms with Crippen LogP contribution in [0.25, 0.3) is 21.7 Å². The average molecular weight is 383 g/mol. The summed E-state index contributed by atoms with van der Waals surface area (Å²) in [5.41, 5.74) is 1.64. The molecule has 128 valence electrons. The number of thiazole rings is 1. The zero-order valence-corrected chi connectivity index (χ0v) is 14.9. The van der Waals surface area contributed by atoms with E-state index < -0.39 is 5.97 Å². The van der Waals surface area contributed by atoms with Crippen molar-refractivity contribution in [3.8, 4) is 10.8 Å². The van der Waals surface area contributed by atoms with E-state index in [0.717, 1.165) is 10.9 Å². The van der Waals surface area contributed by atoms with Gasteiger partial charge in [0.2, 0.25) is 0 Å². The van der Waals surface area contributed by atoms with E-state index in [1.807, 2.05) is 30.3 Å². The largest absolute Gasteiger partial charge is 0.456 e. The fourth-order valence-corrected chi connectivity index (χ4v) is 3.27. The fourth-order valence-electron chi connectivity index (χ4n) is 2.33. The lowest BCUT2D eigenvalue weighted by molar-refractivity contribution is 0.0467. The van der Waals surface area contributed by atoms with Crippen LogP contribution in [0, 0.1) is 0 Å². The summed E-state index contributed by atoms with van der Waals surface area (Å²) >= 11 is 7.47. The molecular formula is C18H11ClN4O2S. The topological polar surface area (TPSA) is 77.9 Å². The molecule has 3 aromatic heterocycles. The maximum Gasteiger partial charge on any atom is 0.358 e. The highest BCUT2D eigenvalue weighted by atomic mass is 35.5. The van der Waals surface area contributed by atoms with E-state index in [0.29, 0.717) is 21.5 Å². The Labute approximate surface area is 157 Å². The Kier molecular flexibility index (Phi) is 4.55. The number of pyridine rings is 1. The molecule has 4 aromatic rings. The van der Waals surface area contributed by atoms with Gasteiger partial charge in [0.15, 0.2) is 16.5 Å². The van der Waals surface area contributed by atoms with E-state index in [2.05, 4.69) is 19.9 Å². The van der Waals surface area contributed by atoms with E-state index in [9.17, 15) is 4.79 Å². The van der Waals surface area contributed by atoms with Gasteiger partial charge in [0.1, 0.15) is 11.8 Å². The van der Waals surface area contributed by atoms with E-state index >= 15 is 0 Å². The number of carbonyl (C=O) groups excluding carboxylic acids is 1. The lowest BCUT2D eigenvalue weighted by Gasteiger charge is -2.06. The maximum absolute atomic E-state index is 12.3. The first-order chi connectivity index (χ1) is 12.7. The molecule has 0 fully saturated rings. The highest BCUT2D eigenvalue weighted by Crippen LogP contribution is 2.23. The zero-order chi connectivity index (χ0) is 17.9. The van der Waals surface area contributed by atoms with Crippen LogP contribution in [-0.4, -0.2) is 25.9 Å². The maximum atomic E-state index is 12.3. The third-order valence-corrected chi connectivity index (χ3v) is 4.74. The first kappa shape index (κ1) is 16.6. The summed E-state index contributed by atoms with van der Waals surface area (Å²) in [6.45, 7) is 0.0181. The molecule has 0 saturated carbocycles. The molecule has 26 heavy (non-hydrogen) atoms. The molecule has 0 atom stereocenters. The van der Waals surface area contributed by atoms with Gasteiger partial charge in [-0.05, 0) is 18.2 Å². The Hall–Kier alpha value is -2.90. The second kappa shape index (κ2) is 7.15. The summed E-state index contributed by atoms with van der Waals surface area (Å²) in [4.78, 5) is 29.0. The first-order valence-corrected chi connectivity index (χ1v) is 8.90. The molecule has 8 heteroatoms. The molecule has 0 radical (unpaired) electrons. The predicted molar refractivity (Wildman–Crippen MR) is 99.0 cm³/mol. The van der Waals surface area contributed by atoms with Crippen molar-refractivity contribution in [3.05, 3.63) is 70.6 Å². The molecule has 0 aliphatic heterocycles. The summed E-state index contributed by atoms with van der Waals surface area (Å²) in [7, 11) is 0. The fraction of sp³-hybridized carbons (Fsp3) is 0.0556. The van der Waals surface area contributed by atoms with Crippen molar-refractivity contribution in [2.24, 2.45) is 0 Å². The SMILES string of the molecule is O=C(OCc1cc2ccccc2nc1Cl)c1csc(-c2ncccn2)n1. The monoisotopic (exact) mass is 382 g/mol. The molecule has 4 rings (SSSR count). The number of rotatable bonds is 4. The summed E-state index contributed by atoms with van der Waals surface area (Å²) in [6, 6.07) is 11.2. The minimum absolute atomic E-state index is 0.0181. The Bertz CT molecular complexity index is 1080. The number of fused-ring (bicyclic) bond motifs is 1. The predicted octanol–water partition coefficient (Wildman–Crippen LogP) is 4.16. The Morgan fingerprint density at radius 3 is 2.77 bits per heavy atom. The van der Waals surface area contributed by atoms with Crippen molar-refractivity contribution < 1.29 is 9.53 Å². The number of ether oxygens (including phenoxy) is 1. The van der Waals surface area contributed by atoms with Crippen molar-refractivity contribution in [2.45, 2.75) is 6.61 Å². The molecule has 0 bridgehead atoms. The summed E-state index contributed by atoms with van der Waals surface area (Å²) < 4.78 is 5.33. The minimum atomic E-state index is -0.535. The Balaban J connectivity index is 1.49. The molecule has 0 unspecified atom stereocenters. The van der Waals surface area contributed by atoms with Gasteiger partial charge in [-0.1, -0.05) is 29.8 Å². The molecule has 0 aliphatic rings. The molecule has 0 N–H and O–H groups in total. The highest BCUT2D eigenvalue weighted by molar-refractivity contribution is 7.13. The van der Waals surface area contributed by atoms with Gasteiger partial charge in [-0.25, -0.2) is 24.7 Å². The van der Waals surface area contributed by atoms with Gasteiger partial charge < -0.3 is 4.74 Å². The molecule has 0 aliphatic carbocycles. The van der Waals surface area contributed by atoms with Crippen molar-refractivity contribution >= 4 is 39.8 Å². The Morgan fingerprint density at radius 2 is 1.92 bits per heavy atom. The standard InChI is InChI=1S/C18H11ClN4O2S/c19-15-12(8-11-4-1-2-5-13(11)22-15)9-25-18(24)14-10-26-17(23-14)16-20-6-3-7-21-16/h1-8,10H,9H2. The van der Waals surface area contributed by atoms with Crippen LogP contribution in [0.15, 0.2) is 54.2 Å². The second-order valence-corrected chi connectivity index (χ2v) is 6.53. The van der Waals surface area contributed by atoms with Crippen LogP contribution in [0.5, 0.6) is 0 Å². The van der Waals surface area contributed by atoms with Gasteiger partial charge in [0.05, 0.1) is 5.52 Å². The van der Waals surface area contributed by atoms with Crippen molar-refractivity contribution in [1.29, 1.82) is 0 Å². The van der Waals surface area contributed by atoms with Gasteiger partial charge >= 0.3 is 5.97 Å². The lowest BCUT2D eigenvalue weighted by atomic mass is 10.2. The lowest BCUT2D eigenvalue weighted by Crippen LogP contribution is -2.06. The van der Waals surface area contributed by atoms with Gasteiger partial charge in [0, 0.05) is 28.7 Å². The van der Waals surface area contributed by atoms with Crippen LogP contribution < -0.4 is 0 Å². The smallest absolute Gasteiger partial charge is 0.358 e. The zero-order valence-electron chi connectivity index (χ0n) is 13.3. The van der Waals surface area contributed by atoms with Crippen molar-refractivity contribution in [2.75, 3.05) is 0 Å². The number of para-hydroxylation sites is 1. The van der Waals surface area contributed by atoms with Crippen LogP contribution in [0.1, 0.15) is 16.1 Å². The number of hydrogen-bond donors (Lipinski definition) is 0. The van der Waals surface area contributed by atoms with E-state index in [1.165, 1.54) is 11.3 Å². The minimum Gasteiger partial charge on any atom is -0.456 e. The molecular weight excluding hydrogens is 372 g/mol. The van der Waals surface area contributed by atoms with Crippen LogP contribution in [0.4, 0.5) is 0 Å². The number of esters is 1. The van der Waals surface area contributed by atoms with Crippen molar-refractivity contribution in [3.63, 3.8) is 0 Å². The summed E-state index contributed by atoms with van der Waals surface area (Å²) in [5, 5.41) is 3.42. The van der Waals surface area contributed by atoms with Gasteiger partial charge in [0.25, 0.3) is 0 Å². The molecule has 1 aromatic carbocycles. The first-order valence-electron chi connectivity index (χ1n) is 7.65. The van der Waals surface area contributed by atoms with Crippen LogP contribution in [0.2, 0.25) is 5.15 Å². The van der Waals surface area contributed by atoms with Crippen LogP contribution in [0.3, 0.4) is 0 Å². The second-order valence-electron chi connectivity index (χ2n) is 5.32. The van der Waals surface area contributed by atoms with Crippen LogP contribution >= 0.6 is 22.9 Å². The van der Waals surface area contributed by atoms with Crippen molar-refractivity contribution in [1.82, 2.24) is 19.9 Å². The third kappa shape index (κ3) is 3.40. The molecule has 6 nitrogen and oxygen atoms in total. The summed E-state index contributed by atoms with van der Waals surface area (Å²) in [5.74, 6) is -0.0639. The number of aromatic nitrogens is 4. The molecule has 0 saturated heterocycles. The average Bonchev–Trinajstić information content (AvgIpc) is 3.17.